The molecule has 0 N–H and O–H groups in total. The Labute approximate surface area is 183 Å². The number of para-hydroxylation sites is 2. The molecule has 0 saturated carbocycles. The summed E-state index contributed by atoms with van der Waals surface area (Å²) in [5, 5.41) is 3.72. The van der Waals surface area contributed by atoms with Crippen LogP contribution in [0.5, 0.6) is 17.5 Å². The lowest BCUT2D eigenvalue weighted by molar-refractivity contribution is 0.335. The van der Waals surface area contributed by atoms with Crippen molar-refractivity contribution in [2.45, 2.75) is 6.92 Å². The Kier molecular flexibility index (Phi) is 7.34. The number of ether oxygens (including phenoxy) is 2. The molecule has 30 heavy (non-hydrogen) atoms. The Balaban J connectivity index is 1.53. The molecule has 0 bridgehead atoms. The Morgan fingerprint density at radius 1 is 1.00 bits per heavy atom. The first-order valence-electron chi connectivity index (χ1n) is 8.92. The molecule has 3 aromatic rings. The maximum atomic E-state index is 5.68. The van der Waals surface area contributed by atoms with Gasteiger partial charge >= 0.3 is 6.01 Å². The summed E-state index contributed by atoms with van der Waals surface area (Å²) in [6, 6.07) is 13.3. The van der Waals surface area contributed by atoms with Gasteiger partial charge in [-0.05, 0) is 63.9 Å². The molecule has 0 radical (unpaired) electrons. The first kappa shape index (κ1) is 21.3. The number of aliphatic imine (C=N–C) groups is 1. The topological polar surface area (TPSA) is 81.4 Å². The number of rotatable bonds is 8. The summed E-state index contributed by atoms with van der Waals surface area (Å²) in [6.45, 7) is 1.91. The highest BCUT2D eigenvalue weighted by Crippen LogP contribution is 2.27. The molecule has 0 aliphatic carbocycles. The van der Waals surface area contributed by atoms with Gasteiger partial charge in [-0.3, -0.25) is 0 Å². The van der Waals surface area contributed by atoms with E-state index in [1.807, 2.05) is 56.3 Å². The van der Waals surface area contributed by atoms with E-state index in [0.29, 0.717) is 17.2 Å². The molecule has 0 spiro atoms. The molecule has 1 heterocycles. The van der Waals surface area contributed by atoms with E-state index in [2.05, 4.69) is 36.0 Å². The third-order valence-corrected chi connectivity index (χ3v) is 4.25. The summed E-state index contributed by atoms with van der Waals surface area (Å²) in [6.07, 6.45) is 5.69. The zero-order valence-electron chi connectivity index (χ0n) is 16.7. The molecule has 2 aromatic carbocycles. The summed E-state index contributed by atoms with van der Waals surface area (Å²) >= 11 is 3.29. The van der Waals surface area contributed by atoms with E-state index < -0.39 is 0 Å². The molecule has 0 saturated heterocycles. The van der Waals surface area contributed by atoms with Crippen LogP contribution in [-0.2, 0) is 4.84 Å². The Bertz CT molecular complexity index is 1040. The molecular weight excluding hydrogens is 450 g/mol. The van der Waals surface area contributed by atoms with Gasteiger partial charge in [0.25, 0.3) is 0 Å². The fourth-order valence-electron chi connectivity index (χ4n) is 2.42. The first-order chi connectivity index (χ1) is 14.5. The fraction of sp³-hybridized carbons (Fsp3) is 0.143. The number of hydrogen-bond acceptors (Lipinski definition) is 8. The van der Waals surface area contributed by atoms with Crippen LogP contribution in [0.2, 0.25) is 0 Å². The average Bonchev–Trinajstić information content (AvgIpc) is 2.74. The molecule has 1 aromatic heterocycles. The lowest BCUT2D eigenvalue weighted by Crippen LogP contribution is -2.10. The molecule has 0 aliphatic heterocycles. The minimum Gasteiger partial charge on any atom is -0.440 e. The zero-order valence-corrected chi connectivity index (χ0v) is 18.3. The van der Waals surface area contributed by atoms with Gasteiger partial charge < -0.3 is 19.2 Å². The van der Waals surface area contributed by atoms with Crippen molar-refractivity contribution >= 4 is 40.1 Å². The third kappa shape index (κ3) is 6.02. The molecule has 0 fully saturated rings. The number of hydrogen-bond donors (Lipinski definition) is 0. The average molecular weight is 470 g/mol. The number of benzene rings is 2. The van der Waals surface area contributed by atoms with Crippen molar-refractivity contribution < 1.29 is 14.3 Å². The van der Waals surface area contributed by atoms with Gasteiger partial charge in [0.15, 0.2) is 5.75 Å². The molecule has 0 atom stereocenters. The van der Waals surface area contributed by atoms with Gasteiger partial charge in [-0.25, -0.2) is 15.0 Å². The van der Waals surface area contributed by atoms with Crippen molar-refractivity contribution in [3.8, 4) is 17.5 Å². The molecule has 154 valence electrons. The smallest absolute Gasteiger partial charge is 0.321 e. The second-order valence-corrected chi connectivity index (χ2v) is 7.18. The zero-order chi connectivity index (χ0) is 21.3. The Morgan fingerprint density at radius 2 is 1.77 bits per heavy atom. The second-order valence-electron chi connectivity index (χ2n) is 6.27. The quantitative estimate of drug-likeness (QED) is 0.259. The van der Waals surface area contributed by atoms with Crippen LogP contribution in [0.3, 0.4) is 0 Å². The van der Waals surface area contributed by atoms with Crippen LogP contribution in [0.15, 0.2) is 69.5 Å². The standard InChI is InChI=1S/C21H20BrN5O3/c1-15-10-17(8-9-19(15)30-21-23-11-16(22)12-24-21)25-13-29-26-14-28-20-7-5-4-6-18(20)27(2)3/h4-14H,1-3H3/b25-13?,26-14+. The number of oxime groups is 1. The van der Waals surface area contributed by atoms with E-state index in [9.17, 15) is 0 Å². The summed E-state index contributed by atoms with van der Waals surface area (Å²) < 4.78 is 12.0. The SMILES string of the molecule is Cc1cc(N=CO/N=C/Oc2ccccc2N(C)C)ccc1Oc1ncc(Br)cn1. The van der Waals surface area contributed by atoms with Crippen molar-refractivity contribution in [1.29, 1.82) is 0 Å². The van der Waals surface area contributed by atoms with Gasteiger partial charge in [0.05, 0.1) is 15.8 Å². The minimum atomic E-state index is 0.270. The largest absolute Gasteiger partial charge is 0.440 e. The van der Waals surface area contributed by atoms with Crippen LogP contribution in [-0.4, -0.2) is 36.9 Å². The normalized spacial score (nSPS) is 11.1. The van der Waals surface area contributed by atoms with Gasteiger partial charge in [-0.15, -0.1) is 0 Å². The Morgan fingerprint density at radius 3 is 2.50 bits per heavy atom. The number of aromatic nitrogens is 2. The Hall–Kier alpha value is -3.46. The van der Waals surface area contributed by atoms with Gasteiger partial charge in [0, 0.05) is 26.5 Å². The molecule has 9 heteroatoms. The van der Waals surface area contributed by atoms with Gasteiger partial charge in [-0.1, -0.05) is 12.1 Å². The number of aryl methyl sites for hydroxylation is 1. The second kappa shape index (κ2) is 10.4. The van der Waals surface area contributed by atoms with Crippen LogP contribution < -0.4 is 14.4 Å². The summed E-state index contributed by atoms with van der Waals surface area (Å²) in [7, 11) is 3.87. The van der Waals surface area contributed by atoms with Gasteiger partial charge in [0.1, 0.15) is 5.75 Å². The summed E-state index contributed by atoms with van der Waals surface area (Å²) in [5.74, 6) is 1.32. The highest BCUT2D eigenvalue weighted by Gasteiger charge is 2.05. The maximum absolute atomic E-state index is 5.68. The highest BCUT2D eigenvalue weighted by molar-refractivity contribution is 9.10. The molecule has 8 nitrogen and oxygen atoms in total. The van der Waals surface area contributed by atoms with Crippen LogP contribution in [0.25, 0.3) is 0 Å². The van der Waals surface area contributed by atoms with Crippen LogP contribution in [0.4, 0.5) is 11.4 Å². The molecule has 3 rings (SSSR count). The van der Waals surface area contributed by atoms with E-state index in [0.717, 1.165) is 15.7 Å². The van der Waals surface area contributed by atoms with Gasteiger partial charge in [0.2, 0.25) is 12.8 Å². The van der Waals surface area contributed by atoms with Crippen molar-refractivity contribution in [2.24, 2.45) is 10.1 Å². The number of anilines is 1. The van der Waals surface area contributed by atoms with Gasteiger partial charge in [-0.2, -0.15) is 0 Å². The fourth-order valence-corrected chi connectivity index (χ4v) is 2.63. The predicted molar refractivity (Wildman–Crippen MR) is 120 cm³/mol. The van der Waals surface area contributed by atoms with E-state index >= 15 is 0 Å². The maximum Gasteiger partial charge on any atom is 0.321 e. The predicted octanol–water partition coefficient (Wildman–Crippen LogP) is 5.10. The van der Waals surface area contributed by atoms with E-state index in [1.165, 1.54) is 12.8 Å². The molecule has 0 unspecified atom stereocenters. The van der Waals surface area contributed by atoms with Crippen molar-refractivity contribution in [2.75, 3.05) is 19.0 Å². The molecule has 0 amide bonds. The first-order valence-corrected chi connectivity index (χ1v) is 9.71. The van der Waals surface area contributed by atoms with E-state index in [1.54, 1.807) is 24.5 Å². The lowest BCUT2D eigenvalue weighted by atomic mass is 10.2. The van der Waals surface area contributed by atoms with Crippen LogP contribution in [0.1, 0.15) is 5.56 Å². The van der Waals surface area contributed by atoms with Crippen molar-refractivity contribution in [3.63, 3.8) is 0 Å². The number of nitrogens with zero attached hydrogens (tertiary/aromatic N) is 5. The third-order valence-electron chi connectivity index (χ3n) is 3.84. The van der Waals surface area contributed by atoms with Crippen molar-refractivity contribution in [1.82, 2.24) is 9.97 Å². The molecule has 0 aliphatic rings. The lowest BCUT2D eigenvalue weighted by Gasteiger charge is -2.15. The van der Waals surface area contributed by atoms with Crippen LogP contribution in [0, 0.1) is 6.92 Å². The van der Waals surface area contributed by atoms with E-state index in [-0.39, 0.29) is 6.01 Å². The van der Waals surface area contributed by atoms with E-state index in [4.69, 9.17) is 14.3 Å². The number of halogens is 1. The minimum absolute atomic E-state index is 0.270. The summed E-state index contributed by atoms with van der Waals surface area (Å²) in [4.78, 5) is 19.4. The van der Waals surface area contributed by atoms with Crippen molar-refractivity contribution in [3.05, 3.63) is 64.9 Å². The van der Waals surface area contributed by atoms with Crippen LogP contribution >= 0.6 is 15.9 Å². The monoisotopic (exact) mass is 469 g/mol. The highest BCUT2D eigenvalue weighted by atomic mass is 79.9. The molecular formula is C21H20BrN5O3. The summed E-state index contributed by atoms with van der Waals surface area (Å²) in [5.41, 5.74) is 2.50.